The van der Waals surface area contributed by atoms with E-state index in [2.05, 4.69) is 28.0 Å². The molecule has 1 aliphatic heterocycles. The first-order valence-electron chi connectivity index (χ1n) is 8.02. The molecule has 0 spiro atoms. The van der Waals surface area contributed by atoms with Crippen molar-refractivity contribution in [2.24, 2.45) is 0 Å². The highest BCUT2D eigenvalue weighted by molar-refractivity contribution is 5.59. The van der Waals surface area contributed by atoms with Crippen molar-refractivity contribution in [2.45, 2.75) is 38.1 Å². The lowest BCUT2D eigenvalue weighted by Crippen LogP contribution is -2.49. The lowest BCUT2D eigenvalue weighted by atomic mass is 10.1. The second-order valence-electron chi connectivity index (χ2n) is 6.18. The van der Waals surface area contributed by atoms with Gasteiger partial charge in [0.15, 0.2) is 0 Å². The van der Waals surface area contributed by atoms with E-state index >= 15 is 0 Å². The molecule has 1 aromatic rings. The Balaban J connectivity index is 1.63. The monoisotopic (exact) mass is 284 g/mol. The van der Waals surface area contributed by atoms with Crippen molar-refractivity contribution in [1.82, 2.24) is 4.90 Å². The van der Waals surface area contributed by atoms with Crippen LogP contribution in [0.3, 0.4) is 0 Å². The number of nitrogens with two attached hydrogens (primary N) is 1. The molecule has 4 nitrogen and oxygen atoms in total. The second-order valence-corrected chi connectivity index (χ2v) is 6.18. The first-order chi connectivity index (χ1) is 10.3. The maximum absolute atomic E-state index is 8.88. The molecule has 4 heteroatoms. The lowest BCUT2D eigenvalue weighted by Gasteiger charge is -2.39. The summed E-state index contributed by atoms with van der Waals surface area (Å²) in [6.45, 7) is 4.46. The highest BCUT2D eigenvalue weighted by Crippen LogP contribution is 2.27. The lowest BCUT2D eigenvalue weighted by molar-refractivity contribution is 0.187. The Morgan fingerprint density at radius 1 is 1.14 bits per heavy atom. The molecule has 3 rings (SSSR count). The number of nitrogens with zero attached hydrogens (tertiary/aromatic N) is 3. The van der Waals surface area contributed by atoms with Crippen molar-refractivity contribution < 1.29 is 0 Å². The number of hydrogen-bond donors (Lipinski definition) is 1. The Bertz CT molecular complexity index is 520. The van der Waals surface area contributed by atoms with Gasteiger partial charge in [-0.25, -0.2) is 0 Å². The van der Waals surface area contributed by atoms with Crippen LogP contribution >= 0.6 is 0 Å². The summed E-state index contributed by atoms with van der Waals surface area (Å²) in [5.74, 6) is 0. The van der Waals surface area contributed by atoms with E-state index in [1.165, 1.54) is 31.4 Å². The molecule has 2 fully saturated rings. The van der Waals surface area contributed by atoms with Crippen LogP contribution in [-0.4, -0.2) is 37.1 Å². The Morgan fingerprint density at radius 2 is 1.86 bits per heavy atom. The molecule has 1 saturated carbocycles. The molecular weight excluding hydrogens is 260 g/mol. The molecule has 0 amide bonds. The SMILES string of the molecule is N#CCc1cc(N2CCN(C3CCCC3)CC2)ccc1N. The quantitative estimate of drug-likeness (QED) is 0.866. The summed E-state index contributed by atoms with van der Waals surface area (Å²) in [6.07, 6.45) is 5.96. The van der Waals surface area contributed by atoms with E-state index in [1.54, 1.807) is 0 Å². The molecule has 1 aliphatic carbocycles. The normalized spacial score (nSPS) is 20.6. The van der Waals surface area contributed by atoms with Crippen molar-refractivity contribution in [3.8, 4) is 6.07 Å². The van der Waals surface area contributed by atoms with E-state index in [0.717, 1.165) is 43.5 Å². The van der Waals surface area contributed by atoms with Gasteiger partial charge in [-0.2, -0.15) is 5.26 Å². The Hall–Kier alpha value is -1.73. The molecule has 2 N–H and O–H groups in total. The van der Waals surface area contributed by atoms with Gasteiger partial charge in [-0.05, 0) is 36.6 Å². The molecule has 21 heavy (non-hydrogen) atoms. The van der Waals surface area contributed by atoms with Gasteiger partial charge in [-0.3, -0.25) is 4.90 Å². The van der Waals surface area contributed by atoms with E-state index in [9.17, 15) is 0 Å². The molecule has 1 heterocycles. The maximum Gasteiger partial charge on any atom is 0.0670 e. The van der Waals surface area contributed by atoms with E-state index < -0.39 is 0 Å². The second kappa shape index (κ2) is 6.36. The molecule has 2 aliphatic rings. The van der Waals surface area contributed by atoms with Crippen molar-refractivity contribution >= 4 is 11.4 Å². The molecule has 112 valence electrons. The van der Waals surface area contributed by atoms with Crippen LogP contribution in [0.5, 0.6) is 0 Å². The zero-order valence-corrected chi connectivity index (χ0v) is 12.6. The summed E-state index contributed by atoms with van der Waals surface area (Å²) in [4.78, 5) is 5.09. The Morgan fingerprint density at radius 3 is 2.52 bits per heavy atom. The van der Waals surface area contributed by atoms with Crippen LogP contribution in [0.2, 0.25) is 0 Å². The van der Waals surface area contributed by atoms with Crippen LogP contribution in [-0.2, 0) is 6.42 Å². The predicted octanol–water partition coefficient (Wildman–Crippen LogP) is 2.40. The van der Waals surface area contributed by atoms with Gasteiger partial charge in [-0.1, -0.05) is 12.8 Å². The van der Waals surface area contributed by atoms with Gasteiger partial charge in [0.2, 0.25) is 0 Å². The van der Waals surface area contributed by atoms with Gasteiger partial charge >= 0.3 is 0 Å². The van der Waals surface area contributed by atoms with Crippen molar-refractivity contribution in [3.05, 3.63) is 23.8 Å². The number of hydrogen-bond acceptors (Lipinski definition) is 4. The van der Waals surface area contributed by atoms with E-state index in [-0.39, 0.29) is 0 Å². The number of anilines is 2. The molecule has 1 aromatic carbocycles. The number of nitrogen functional groups attached to an aromatic ring is 1. The van der Waals surface area contributed by atoms with Gasteiger partial charge in [0.1, 0.15) is 0 Å². The third-order valence-corrected chi connectivity index (χ3v) is 4.92. The van der Waals surface area contributed by atoms with Gasteiger partial charge in [0, 0.05) is 43.6 Å². The average Bonchev–Trinajstić information content (AvgIpc) is 3.04. The topological polar surface area (TPSA) is 56.3 Å². The third kappa shape index (κ3) is 3.14. The largest absolute Gasteiger partial charge is 0.398 e. The summed E-state index contributed by atoms with van der Waals surface area (Å²) in [7, 11) is 0. The summed E-state index contributed by atoms with van der Waals surface area (Å²) in [6, 6.07) is 9.13. The highest BCUT2D eigenvalue weighted by Gasteiger charge is 2.26. The predicted molar refractivity (Wildman–Crippen MR) is 86.2 cm³/mol. The number of benzene rings is 1. The Kier molecular flexibility index (Phi) is 4.31. The number of rotatable bonds is 3. The van der Waals surface area contributed by atoms with Gasteiger partial charge in [0.25, 0.3) is 0 Å². The highest BCUT2D eigenvalue weighted by atomic mass is 15.3. The fraction of sp³-hybridized carbons (Fsp3) is 0.588. The van der Waals surface area contributed by atoms with Gasteiger partial charge in [-0.15, -0.1) is 0 Å². The molecule has 0 aromatic heterocycles. The standard InChI is InChI=1S/C17H24N4/c18-8-7-14-13-16(5-6-17(14)19)21-11-9-20(10-12-21)15-3-1-2-4-15/h5-6,13,15H,1-4,7,9-12,19H2. The van der Waals surface area contributed by atoms with E-state index in [1.807, 2.05) is 6.07 Å². The van der Waals surface area contributed by atoms with Gasteiger partial charge in [0.05, 0.1) is 12.5 Å². The van der Waals surface area contributed by atoms with E-state index in [0.29, 0.717) is 6.42 Å². The van der Waals surface area contributed by atoms with Crippen LogP contribution in [0, 0.1) is 11.3 Å². The molecule has 0 bridgehead atoms. The van der Waals surface area contributed by atoms with Crippen molar-refractivity contribution in [2.75, 3.05) is 36.8 Å². The zero-order chi connectivity index (χ0) is 14.7. The zero-order valence-electron chi connectivity index (χ0n) is 12.6. The van der Waals surface area contributed by atoms with Crippen molar-refractivity contribution in [1.29, 1.82) is 5.26 Å². The molecule has 1 saturated heterocycles. The van der Waals surface area contributed by atoms with Crippen molar-refractivity contribution in [3.63, 3.8) is 0 Å². The Labute approximate surface area is 127 Å². The molecule has 0 radical (unpaired) electrons. The van der Waals surface area contributed by atoms with Crippen LogP contribution < -0.4 is 10.6 Å². The minimum absolute atomic E-state index is 0.391. The minimum atomic E-state index is 0.391. The molecule has 0 unspecified atom stereocenters. The average molecular weight is 284 g/mol. The minimum Gasteiger partial charge on any atom is -0.398 e. The maximum atomic E-state index is 8.88. The fourth-order valence-electron chi connectivity index (χ4n) is 3.64. The molecule has 0 atom stereocenters. The van der Waals surface area contributed by atoms with Crippen LogP contribution in [0.25, 0.3) is 0 Å². The first-order valence-corrected chi connectivity index (χ1v) is 8.02. The number of piperazine rings is 1. The van der Waals surface area contributed by atoms with Crippen LogP contribution in [0.4, 0.5) is 11.4 Å². The summed E-state index contributed by atoms with van der Waals surface area (Å²) < 4.78 is 0. The molecular formula is C17H24N4. The van der Waals surface area contributed by atoms with Gasteiger partial charge < -0.3 is 10.6 Å². The van der Waals surface area contributed by atoms with Crippen LogP contribution in [0.15, 0.2) is 18.2 Å². The van der Waals surface area contributed by atoms with Crippen LogP contribution in [0.1, 0.15) is 31.2 Å². The summed E-state index contributed by atoms with van der Waals surface area (Å²) in [5.41, 5.74) is 8.82. The number of nitriles is 1. The first kappa shape index (κ1) is 14.2. The van der Waals surface area contributed by atoms with E-state index in [4.69, 9.17) is 11.0 Å². The third-order valence-electron chi connectivity index (χ3n) is 4.92. The summed E-state index contributed by atoms with van der Waals surface area (Å²) >= 11 is 0. The fourth-order valence-corrected chi connectivity index (χ4v) is 3.64. The smallest absolute Gasteiger partial charge is 0.0670 e. The summed E-state index contributed by atoms with van der Waals surface area (Å²) in [5, 5.41) is 8.88.